The molecule has 0 bridgehead atoms. The second-order valence-electron chi connectivity index (χ2n) is 13.1. The highest BCUT2D eigenvalue weighted by atomic mass is 79.9. The second kappa shape index (κ2) is 8.34. The van der Waals surface area contributed by atoms with Crippen LogP contribution < -0.4 is 0 Å². The van der Waals surface area contributed by atoms with E-state index in [-0.39, 0.29) is 7.56 Å². The van der Waals surface area contributed by atoms with Crippen LogP contribution in [0.4, 0.5) is 0 Å². The highest BCUT2D eigenvalue weighted by molar-refractivity contribution is 9.26. The third-order valence-electron chi connectivity index (χ3n) is 11.6. The summed E-state index contributed by atoms with van der Waals surface area (Å²) < 4.78 is 0.262. The van der Waals surface area contributed by atoms with Gasteiger partial charge in [0.25, 0.3) is 0 Å². The lowest BCUT2D eigenvalue weighted by molar-refractivity contribution is -0.0499. The predicted octanol–water partition coefficient (Wildman–Crippen LogP) is 10.3. The molecule has 5 aliphatic rings. The minimum Gasteiger partial charge on any atom is -0.0887 e. The van der Waals surface area contributed by atoms with Gasteiger partial charge in [-0.05, 0) is 104 Å². The van der Waals surface area contributed by atoms with Crippen LogP contribution in [-0.2, 0) is 0 Å². The summed E-state index contributed by atoms with van der Waals surface area (Å²) in [6.07, 6.45) is 15.4. The van der Waals surface area contributed by atoms with E-state index in [1.807, 2.05) is 0 Å². The van der Waals surface area contributed by atoms with E-state index in [1.54, 1.807) is 5.57 Å². The van der Waals surface area contributed by atoms with E-state index >= 15 is 0 Å². The summed E-state index contributed by atoms with van der Waals surface area (Å²) >= 11 is 16.2. The fourth-order valence-electron chi connectivity index (χ4n) is 9.70. The quantitative estimate of drug-likeness (QED) is 0.203. The fourth-order valence-corrected chi connectivity index (χ4v) is 13.9. The van der Waals surface area contributed by atoms with Gasteiger partial charge in [0.2, 0.25) is 0 Å². The molecule has 32 heavy (non-hydrogen) atoms. The zero-order chi connectivity index (χ0) is 23.3. The average molecular weight is 698 g/mol. The summed E-state index contributed by atoms with van der Waals surface area (Å²) in [5.41, 5.74) is 2.85. The number of hydrogen-bond acceptors (Lipinski definition) is 0. The number of allylic oxidation sites excluding steroid dienone is 2. The third kappa shape index (κ3) is 3.47. The Morgan fingerprint density at radius 2 is 1.69 bits per heavy atom. The first-order chi connectivity index (χ1) is 14.9. The van der Waals surface area contributed by atoms with Crippen LogP contribution in [0.1, 0.15) is 92.4 Å². The van der Waals surface area contributed by atoms with E-state index in [2.05, 4.69) is 104 Å². The largest absolute Gasteiger partial charge is 0.101 e. The van der Waals surface area contributed by atoms with Crippen molar-refractivity contribution in [2.75, 3.05) is 0 Å². The van der Waals surface area contributed by atoms with Crippen LogP contribution in [-0.4, -0.2) is 12.4 Å². The van der Waals surface area contributed by atoms with Gasteiger partial charge in [-0.25, -0.2) is 0 Å². The summed E-state index contributed by atoms with van der Waals surface area (Å²) in [7, 11) is 0. The number of rotatable bonds is 4. The van der Waals surface area contributed by atoms with Crippen LogP contribution >= 0.6 is 63.7 Å². The van der Waals surface area contributed by atoms with Crippen molar-refractivity contribution in [2.24, 2.45) is 52.3 Å². The topological polar surface area (TPSA) is 0 Å². The van der Waals surface area contributed by atoms with Crippen molar-refractivity contribution in [1.82, 2.24) is 0 Å². The highest BCUT2D eigenvalue weighted by Gasteiger charge is 2.74. The van der Waals surface area contributed by atoms with Crippen molar-refractivity contribution in [1.29, 1.82) is 0 Å². The van der Waals surface area contributed by atoms with Gasteiger partial charge < -0.3 is 0 Å². The zero-order valence-corrected chi connectivity index (χ0v) is 26.9. The molecule has 5 aliphatic carbocycles. The van der Waals surface area contributed by atoms with E-state index in [4.69, 9.17) is 0 Å². The molecule has 0 nitrogen and oxygen atoms in total. The normalized spacial score (nSPS) is 52.6. The Kier molecular flexibility index (Phi) is 6.60. The van der Waals surface area contributed by atoms with Gasteiger partial charge in [0, 0.05) is 10.7 Å². The van der Waals surface area contributed by atoms with Gasteiger partial charge in [-0.15, -0.1) is 0 Å². The second-order valence-corrected chi connectivity index (χ2v) is 19.3. The summed E-state index contributed by atoms with van der Waals surface area (Å²) in [5.74, 6) is 5.80. The van der Waals surface area contributed by atoms with Gasteiger partial charge >= 0.3 is 0 Å². The van der Waals surface area contributed by atoms with E-state index in [0.717, 1.165) is 34.4 Å². The monoisotopic (exact) mass is 694 g/mol. The van der Waals surface area contributed by atoms with Crippen molar-refractivity contribution < 1.29 is 0 Å². The first-order valence-corrected chi connectivity index (χ1v) is 16.6. The molecule has 0 amide bonds. The number of alkyl halides is 4. The number of halogens is 4. The van der Waals surface area contributed by atoms with Crippen LogP contribution in [0.5, 0.6) is 0 Å². The number of fused-ring (bicyclic) bond motifs is 5. The molecule has 0 aromatic carbocycles. The first-order valence-electron chi connectivity index (χ1n) is 13.3. The summed E-state index contributed by atoms with van der Waals surface area (Å²) in [6.45, 7) is 12.7. The van der Waals surface area contributed by atoms with Crippen LogP contribution in [0.25, 0.3) is 0 Å². The van der Waals surface area contributed by atoms with E-state index < -0.39 is 0 Å². The van der Waals surface area contributed by atoms with Gasteiger partial charge in [0.05, 0.1) is 4.32 Å². The van der Waals surface area contributed by atoms with Crippen LogP contribution in [0.3, 0.4) is 0 Å². The average Bonchev–Trinajstić information content (AvgIpc) is 2.99. The highest BCUT2D eigenvalue weighted by Crippen LogP contribution is 2.75. The van der Waals surface area contributed by atoms with Gasteiger partial charge in [-0.1, -0.05) is 110 Å². The Balaban J connectivity index is 1.33. The van der Waals surface area contributed by atoms with Crippen molar-refractivity contribution in [3.8, 4) is 0 Å². The lowest BCUT2D eigenvalue weighted by Crippen LogP contribution is -2.50. The molecule has 0 aromatic rings. The molecule has 0 spiro atoms. The van der Waals surface area contributed by atoms with Gasteiger partial charge in [0.1, 0.15) is 3.23 Å². The molecule has 5 rings (SSSR count). The summed E-state index contributed by atoms with van der Waals surface area (Å²) in [4.78, 5) is 0.717. The molecule has 10 atom stereocenters. The fraction of sp³-hybridized carbons (Fsp3) is 0.929. The molecular weight excluding hydrogens is 656 g/mol. The standard InChI is InChI=1S/C28H42Br4/c1-16(2)27(30)24(28(27,31)32)14-17(3)21-8-9-22-20-7-6-18-15-19(29)10-12-25(18,4)23(20)11-13-26(21,22)5/h6,16-17,19-24H,7-15H2,1-5H3/t17-,19+,20+,21-,22+,23+,24-,25+,26-,27+/m1/s1. The van der Waals surface area contributed by atoms with E-state index in [9.17, 15) is 0 Å². The molecule has 4 heteroatoms. The zero-order valence-electron chi connectivity index (χ0n) is 20.6. The molecule has 4 fully saturated rings. The Morgan fingerprint density at radius 1 is 0.969 bits per heavy atom. The van der Waals surface area contributed by atoms with Crippen LogP contribution in [0.2, 0.25) is 0 Å². The van der Waals surface area contributed by atoms with Crippen molar-refractivity contribution in [2.45, 2.75) is 105 Å². The smallest absolute Gasteiger partial charge is 0.0887 e. The Labute approximate surface area is 230 Å². The maximum Gasteiger partial charge on any atom is 0.101 e. The minimum absolute atomic E-state index is 0.0689. The lowest BCUT2D eigenvalue weighted by atomic mass is 9.47. The maximum atomic E-state index is 4.15. The summed E-state index contributed by atoms with van der Waals surface area (Å²) in [6, 6.07) is 0. The van der Waals surface area contributed by atoms with E-state index in [0.29, 0.717) is 22.7 Å². The minimum atomic E-state index is 0.0689. The molecular formula is C28H42Br4. The maximum absolute atomic E-state index is 4.15. The van der Waals surface area contributed by atoms with Crippen molar-refractivity contribution >= 4 is 63.7 Å². The number of hydrogen-bond donors (Lipinski definition) is 0. The molecule has 0 unspecified atom stereocenters. The Morgan fingerprint density at radius 3 is 2.34 bits per heavy atom. The van der Waals surface area contributed by atoms with Crippen molar-refractivity contribution in [3.63, 3.8) is 0 Å². The van der Waals surface area contributed by atoms with Crippen LogP contribution in [0, 0.1) is 52.3 Å². The molecule has 0 aromatic heterocycles. The SMILES string of the molecule is CC(C)[C@]1(Br)[C@@H](C[C@@H](C)[C@H]2CC[C@H]3[C@@H]4CC=C5C[C@@H](Br)CC[C@]5(C)[C@H]4CC[C@]23C)C1(Br)Br. The first kappa shape index (κ1) is 25.3. The molecule has 0 N–H and O–H groups in total. The van der Waals surface area contributed by atoms with Crippen molar-refractivity contribution in [3.05, 3.63) is 11.6 Å². The molecule has 0 aliphatic heterocycles. The molecule has 4 saturated carbocycles. The Hall–Kier alpha value is 1.66. The third-order valence-corrected chi connectivity index (χ3v) is 18.0. The summed E-state index contributed by atoms with van der Waals surface area (Å²) in [5, 5.41) is 0. The molecule has 0 radical (unpaired) electrons. The lowest BCUT2D eigenvalue weighted by Gasteiger charge is -2.58. The van der Waals surface area contributed by atoms with E-state index in [1.165, 1.54) is 57.8 Å². The van der Waals surface area contributed by atoms with Gasteiger partial charge in [-0.2, -0.15) is 0 Å². The van der Waals surface area contributed by atoms with Gasteiger partial charge in [0.15, 0.2) is 0 Å². The molecule has 0 heterocycles. The molecule has 0 saturated heterocycles. The van der Waals surface area contributed by atoms with Gasteiger partial charge in [-0.3, -0.25) is 0 Å². The Bertz CT molecular complexity index is 788. The molecule has 182 valence electrons. The predicted molar refractivity (Wildman–Crippen MR) is 152 cm³/mol. The van der Waals surface area contributed by atoms with Crippen LogP contribution in [0.15, 0.2) is 11.6 Å².